The van der Waals surface area contributed by atoms with Gasteiger partial charge in [-0.05, 0) is 47.9 Å². The SMILES string of the molecule is O=C(O)CCc1ccc(-c2cnn3ccc(Nc4ccc(O)cc4)nc23)cc1. The van der Waals surface area contributed by atoms with Crippen LogP contribution < -0.4 is 5.32 Å². The van der Waals surface area contributed by atoms with Gasteiger partial charge in [0.05, 0.1) is 6.20 Å². The minimum absolute atomic E-state index is 0.115. The second kappa shape index (κ2) is 7.40. The quantitative estimate of drug-likeness (QED) is 0.443. The van der Waals surface area contributed by atoms with Crippen molar-refractivity contribution >= 4 is 23.1 Å². The number of anilines is 2. The monoisotopic (exact) mass is 374 g/mol. The van der Waals surface area contributed by atoms with E-state index in [0.717, 1.165) is 22.4 Å². The zero-order valence-electron chi connectivity index (χ0n) is 14.9. The summed E-state index contributed by atoms with van der Waals surface area (Å²) in [6.45, 7) is 0. The Labute approximate surface area is 160 Å². The molecule has 28 heavy (non-hydrogen) atoms. The van der Waals surface area contributed by atoms with Crippen LogP contribution in [0.2, 0.25) is 0 Å². The summed E-state index contributed by atoms with van der Waals surface area (Å²) < 4.78 is 1.70. The van der Waals surface area contributed by atoms with E-state index < -0.39 is 5.97 Å². The Morgan fingerprint density at radius 3 is 2.50 bits per heavy atom. The fraction of sp³-hybridized carbons (Fsp3) is 0.0952. The van der Waals surface area contributed by atoms with E-state index in [1.807, 2.05) is 36.5 Å². The molecule has 3 N–H and O–H groups in total. The molecule has 0 saturated carbocycles. The van der Waals surface area contributed by atoms with Crippen molar-refractivity contribution in [3.05, 3.63) is 72.6 Å². The molecule has 0 aliphatic rings. The molecule has 0 fully saturated rings. The number of nitrogens with zero attached hydrogens (tertiary/aromatic N) is 3. The zero-order valence-corrected chi connectivity index (χ0v) is 14.9. The topological polar surface area (TPSA) is 99.8 Å². The Kier molecular flexibility index (Phi) is 4.63. The third-order valence-electron chi connectivity index (χ3n) is 4.40. The Hall–Kier alpha value is -3.87. The summed E-state index contributed by atoms with van der Waals surface area (Å²) in [5.74, 6) is 0.0708. The largest absolute Gasteiger partial charge is 0.508 e. The van der Waals surface area contributed by atoms with Gasteiger partial charge < -0.3 is 15.5 Å². The predicted octanol–water partition coefficient (Wildman–Crippen LogP) is 3.86. The smallest absolute Gasteiger partial charge is 0.303 e. The highest BCUT2D eigenvalue weighted by atomic mass is 16.4. The molecular formula is C21H18N4O3. The number of carboxylic acids is 1. The minimum atomic E-state index is -0.801. The molecule has 2 aromatic heterocycles. The second-order valence-electron chi connectivity index (χ2n) is 6.40. The number of carboxylic acid groups (broad SMARTS) is 1. The van der Waals surface area contributed by atoms with Gasteiger partial charge >= 0.3 is 5.97 Å². The van der Waals surface area contributed by atoms with Crippen LogP contribution in [-0.2, 0) is 11.2 Å². The number of rotatable bonds is 6. The molecular weight excluding hydrogens is 356 g/mol. The summed E-state index contributed by atoms with van der Waals surface area (Å²) >= 11 is 0. The van der Waals surface area contributed by atoms with Crippen molar-refractivity contribution in [1.29, 1.82) is 0 Å². The lowest BCUT2D eigenvalue weighted by Crippen LogP contribution is -1.98. The molecule has 0 aliphatic heterocycles. The van der Waals surface area contributed by atoms with Crippen LogP contribution >= 0.6 is 0 Å². The maximum Gasteiger partial charge on any atom is 0.303 e. The Morgan fingerprint density at radius 1 is 1.04 bits per heavy atom. The first-order valence-corrected chi connectivity index (χ1v) is 8.80. The Morgan fingerprint density at radius 2 is 1.79 bits per heavy atom. The summed E-state index contributed by atoms with van der Waals surface area (Å²) in [6, 6.07) is 16.4. The molecule has 0 unspecified atom stereocenters. The molecule has 0 spiro atoms. The highest BCUT2D eigenvalue weighted by Crippen LogP contribution is 2.26. The zero-order chi connectivity index (χ0) is 19.5. The standard InChI is InChI=1S/C21H18N4O3/c26-17-8-6-16(7-9-17)23-19-11-12-25-21(24-19)18(13-22-25)15-4-1-14(2-5-15)3-10-20(27)28/h1-2,4-9,11-13,26H,3,10H2,(H,23,24)(H,27,28). The number of phenolic OH excluding ortho intramolecular Hbond substituents is 1. The van der Waals surface area contributed by atoms with Gasteiger partial charge in [-0.3, -0.25) is 4.79 Å². The first-order valence-electron chi connectivity index (χ1n) is 8.80. The van der Waals surface area contributed by atoms with Crippen molar-refractivity contribution < 1.29 is 15.0 Å². The van der Waals surface area contributed by atoms with Crippen LogP contribution in [-0.4, -0.2) is 30.8 Å². The summed E-state index contributed by atoms with van der Waals surface area (Å²) in [5.41, 5.74) is 4.35. The molecule has 4 aromatic rings. The molecule has 0 atom stereocenters. The molecule has 140 valence electrons. The average molecular weight is 374 g/mol. The third kappa shape index (κ3) is 3.78. The number of aliphatic carboxylic acids is 1. The second-order valence-corrected chi connectivity index (χ2v) is 6.40. The first kappa shape index (κ1) is 17.5. The lowest BCUT2D eigenvalue weighted by Gasteiger charge is -2.07. The van der Waals surface area contributed by atoms with Gasteiger partial charge in [0.1, 0.15) is 11.6 Å². The van der Waals surface area contributed by atoms with Crippen molar-refractivity contribution in [2.45, 2.75) is 12.8 Å². The maximum absolute atomic E-state index is 10.7. The van der Waals surface area contributed by atoms with E-state index in [4.69, 9.17) is 5.11 Å². The van der Waals surface area contributed by atoms with Crippen LogP contribution in [0.5, 0.6) is 5.75 Å². The van der Waals surface area contributed by atoms with Crippen LogP contribution in [0, 0.1) is 0 Å². The number of aromatic nitrogens is 3. The van der Waals surface area contributed by atoms with E-state index in [1.54, 1.807) is 35.0 Å². The highest BCUT2D eigenvalue weighted by molar-refractivity contribution is 5.78. The van der Waals surface area contributed by atoms with Crippen LogP contribution in [0.4, 0.5) is 11.5 Å². The van der Waals surface area contributed by atoms with Gasteiger partial charge in [-0.15, -0.1) is 0 Å². The number of fused-ring (bicyclic) bond motifs is 1. The van der Waals surface area contributed by atoms with Crippen molar-refractivity contribution in [2.75, 3.05) is 5.32 Å². The van der Waals surface area contributed by atoms with Gasteiger partial charge in [0.15, 0.2) is 5.65 Å². The van der Waals surface area contributed by atoms with Crippen molar-refractivity contribution in [3.63, 3.8) is 0 Å². The number of aromatic hydroxyl groups is 1. The van der Waals surface area contributed by atoms with Crippen LogP contribution in [0.1, 0.15) is 12.0 Å². The molecule has 0 aliphatic carbocycles. The maximum atomic E-state index is 10.7. The number of nitrogens with one attached hydrogen (secondary N) is 1. The van der Waals surface area contributed by atoms with Gasteiger partial charge in [-0.25, -0.2) is 9.50 Å². The van der Waals surface area contributed by atoms with E-state index in [-0.39, 0.29) is 12.2 Å². The van der Waals surface area contributed by atoms with E-state index in [1.165, 1.54) is 0 Å². The molecule has 2 heterocycles. The molecule has 7 nitrogen and oxygen atoms in total. The number of phenols is 1. The van der Waals surface area contributed by atoms with Crippen LogP contribution in [0.25, 0.3) is 16.8 Å². The normalized spacial score (nSPS) is 10.9. The fourth-order valence-corrected chi connectivity index (χ4v) is 2.94. The first-order chi connectivity index (χ1) is 13.6. The molecule has 0 saturated heterocycles. The lowest BCUT2D eigenvalue weighted by atomic mass is 10.0. The summed E-state index contributed by atoms with van der Waals surface area (Å²) in [4.78, 5) is 15.4. The van der Waals surface area contributed by atoms with Gasteiger partial charge in [0.2, 0.25) is 0 Å². The molecule has 2 aromatic carbocycles. The van der Waals surface area contributed by atoms with Crippen LogP contribution in [0.3, 0.4) is 0 Å². The summed E-state index contributed by atoms with van der Waals surface area (Å²) in [6.07, 6.45) is 4.21. The number of benzene rings is 2. The van der Waals surface area contributed by atoms with E-state index in [9.17, 15) is 9.90 Å². The highest BCUT2D eigenvalue weighted by Gasteiger charge is 2.10. The van der Waals surface area contributed by atoms with E-state index in [0.29, 0.717) is 17.9 Å². The van der Waals surface area contributed by atoms with Gasteiger partial charge in [0.25, 0.3) is 0 Å². The molecule has 0 amide bonds. The number of carbonyl (C=O) groups is 1. The number of aryl methyl sites for hydroxylation is 1. The molecule has 0 bridgehead atoms. The average Bonchev–Trinajstić information content (AvgIpc) is 3.12. The molecule has 7 heteroatoms. The van der Waals surface area contributed by atoms with Crippen LogP contribution in [0.15, 0.2) is 67.0 Å². The third-order valence-corrected chi connectivity index (χ3v) is 4.40. The molecule has 0 radical (unpaired) electrons. The summed E-state index contributed by atoms with van der Waals surface area (Å²) in [5, 5.41) is 25.8. The van der Waals surface area contributed by atoms with E-state index in [2.05, 4.69) is 15.4 Å². The lowest BCUT2D eigenvalue weighted by molar-refractivity contribution is -0.136. The number of hydrogen-bond donors (Lipinski definition) is 3. The Bertz CT molecular complexity index is 1120. The van der Waals surface area contributed by atoms with Crippen molar-refractivity contribution in [1.82, 2.24) is 14.6 Å². The van der Waals surface area contributed by atoms with Crippen molar-refractivity contribution in [2.24, 2.45) is 0 Å². The van der Waals surface area contributed by atoms with Gasteiger partial charge in [-0.2, -0.15) is 5.10 Å². The minimum Gasteiger partial charge on any atom is -0.508 e. The van der Waals surface area contributed by atoms with E-state index >= 15 is 0 Å². The predicted molar refractivity (Wildman–Crippen MR) is 106 cm³/mol. The fourth-order valence-electron chi connectivity index (χ4n) is 2.94. The van der Waals surface area contributed by atoms with Gasteiger partial charge in [0, 0.05) is 23.9 Å². The summed E-state index contributed by atoms with van der Waals surface area (Å²) in [7, 11) is 0. The molecule has 4 rings (SSSR count). The number of hydrogen-bond acceptors (Lipinski definition) is 5. The van der Waals surface area contributed by atoms with Crippen molar-refractivity contribution in [3.8, 4) is 16.9 Å². The Balaban J connectivity index is 1.60. The van der Waals surface area contributed by atoms with Gasteiger partial charge in [-0.1, -0.05) is 24.3 Å².